The number of thioether (sulfide) groups is 1. The van der Waals surface area contributed by atoms with Crippen LogP contribution in [-0.4, -0.2) is 31.6 Å². The highest BCUT2D eigenvalue weighted by molar-refractivity contribution is 7.99. The molecular weight excluding hydrogens is 334 g/mol. The monoisotopic (exact) mass is 351 g/mol. The Morgan fingerprint density at radius 3 is 2.36 bits per heavy atom. The normalized spacial score (nSPS) is 11.2. The number of fused-ring (bicyclic) bond motifs is 2. The highest BCUT2D eigenvalue weighted by Gasteiger charge is 2.07. The number of anilines is 1. The highest BCUT2D eigenvalue weighted by atomic mass is 32.2. The van der Waals surface area contributed by atoms with E-state index in [9.17, 15) is 4.79 Å². The lowest BCUT2D eigenvalue weighted by Gasteiger charge is -2.01. The van der Waals surface area contributed by atoms with Gasteiger partial charge in [0.05, 0.1) is 22.1 Å². The maximum absolute atomic E-state index is 12.0. The first-order valence-corrected chi connectivity index (χ1v) is 9.09. The molecule has 7 heteroatoms. The van der Waals surface area contributed by atoms with Gasteiger partial charge in [0.2, 0.25) is 11.9 Å². The second kappa shape index (κ2) is 6.98. The van der Waals surface area contributed by atoms with Crippen molar-refractivity contribution in [2.45, 2.75) is 18.0 Å². The van der Waals surface area contributed by atoms with Crippen LogP contribution in [0.5, 0.6) is 0 Å². The molecule has 0 radical (unpaired) electrons. The lowest BCUT2D eigenvalue weighted by atomic mass is 10.3. The number of carbonyl (C=O) groups is 1. The number of aromatic nitrogens is 4. The summed E-state index contributed by atoms with van der Waals surface area (Å²) in [4.78, 5) is 27.3. The van der Waals surface area contributed by atoms with Crippen molar-refractivity contribution in [2.75, 3.05) is 11.1 Å². The first-order chi connectivity index (χ1) is 12.3. The number of amides is 1. The minimum Gasteiger partial charge on any atom is -0.333 e. The Morgan fingerprint density at radius 1 is 0.960 bits per heavy atom. The zero-order chi connectivity index (χ0) is 17.1. The van der Waals surface area contributed by atoms with E-state index < -0.39 is 0 Å². The summed E-state index contributed by atoms with van der Waals surface area (Å²) < 4.78 is 0. The molecule has 0 fully saturated rings. The van der Waals surface area contributed by atoms with Gasteiger partial charge in [-0.1, -0.05) is 36.0 Å². The van der Waals surface area contributed by atoms with Crippen LogP contribution in [0.3, 0.4) is 0 Å². The maximum atomic E-state index is 12.0. The highest BCUT2D eigenvalue weighted by Crippen LogP contribution is 2.20. The second-order valence-corrected chi connectivity index (χ2v) is 6.75. The van der Waals surface area contributed by atoms with Gasteiger partial charge in [-0.15, -0.1) is 0 Å². The number of nitrogens with one attached hydrogen (secondary N) is 3. The molecule has 1 amide bonds. The summed E-state index contributed by atoms with van der Waals surface area (Å²) in [6.45, 7) is 0. The Bertz CT molecular complexity index is 956. The third kappa shape index (κ3) is 3.66. The van der Waals surface area contributed by atoms with E-state index in [2.05, 4.69) is 25.3 Å². The Hall–Kier alpha value is -2.80. The third-order valence-corrected chi connectivity index (χ3v) is 4.76. The average molecular weight is 351 g/mol. The molecule has 0 unspecified atom stereocenters. The molecule has 2 aromatic heterocycles. The summed E-state index contributed by atoms with van der Waals surface area (Å²) in [5.41, 5.74) is 3.76. The molecule has 3 N–H and O–H groups in total. The summed E-state index contributed by atoms with van der Waals surface area (Å²) in [5, 5.41) is 3.70. The summed E-state index contributed by atoms with van der Waals surface area (Å²) in [6.07, 6.45) is 1.22. The van der Waals surface area contributed by atoms with Gasteiger partial charge in [-0.3, -0.25) is 10.1 Å². The van der Waals surface area contributed by atoms with Crippen LogP contribution in [0.1, 0.15) is 12.8 Å². The van der Waals surface area contributed by atoms with Crippen molar-refractivity contribution in [3.8, 4) is 0 Å². The summed E-state index contributed by atoms with van der Waals surface area (Å²) in [5.74, 6) is 1.29. The number of carbonyl (C=O) groups excluding carboxylic acids is 1. The molecule has 0 spiro atoms. The predicted molar refractivity (Wildman–Crippen MR) is 101 cm³/mol. The lowest BCUT2D eigenvalue weighted by molar-refractivity contribution is -0.116. The lowest BCUT2D eigenvalue weighted by Crippen LogP contribution is -2.12. The molecule has 0 saturated carbocycles. The molecule has 0 bridgehead atoms. The molecule has 0 atom stereocenters. The molecule has 2 aromatic carbocycles. The van der Waals surface area contributed by atoms with Crippen molar-refractivity contribution in [1.29, 1.82) is 0 Å². The van der Waals surface area contributed by atoms with Crippen molar-refractivity contribution < 1.29 is 4.79 Å². The Morgan fingerprint density at radius 2 is 1.64 bits per heavy atom. The number of nitrogens with zero attached hydrogens (tertiary/aromatic N) is 2. The molecule has 25 heavy (non-hydrogen) atoms. The molecule has 0 aliphatic carbocycles. The first-order valence-electron chi connectivity index (χ1n) is 8.10. The summed E-state index contributed by atoms with van der Waals surface area (Å²) in [7, 11) is 0. The number of H-pyrrole nitrogens is 2. The van der Waals surface area contributed by atoms with Crippen LogP contribution in [0.4, 0.5) is 5.95 Å². The zero-order valence-corrected chi connectivity index (χ0v) is 14.3. The van der Waals surface area contributed by atoms with Crippen molar-refractivity contribution >= 4 is 45.7 Å². The fraction of sp³-hybridized carbons (Fsp3) is 0.167. The standard InChI is InChI=1S/C18H17N5OS/c24-16(23-17-19-12-6-1-2-7-13(12)20-17)10-5-11-25-18-21-14-8-3-4-9-15(14)22-18/h1-4,6-9H,5,10-11H2,(H,21,22)(H2,19,20,23,24). The molecule has 6 nitrogen and oxygen atoms in total. The van der Waals surface area contributed by atoms with E-state index in [1.807, 2.05) is 48.5 Å². The number of imidazole rings is 2. The molecular formula is C18H17N5OS. The van der Waals surface area contributed by atoms with Gasteiger partial charge in [0.25, 0.3) is 0 Å². The van der Waals surface area contributed by atoms with Gasteiger partial charge in [-0.25, -0.2) is 9.97 Å². The quantitative estimate of drug-likeness (QED) is 0.363. The van der Waals surface area contributed by atoms with E-state index in [4.69, 9.17) is 0 Å². The molecule has 4 aromatic rings. The zero-order valence-electron chi connectivity index (χ0n) is 13.5. The van der Waals surface area contributed by atoms with Crippen LogP contribution in [0, 0.1) is 0 Å². The Balaban J connectivity index is 1.26. The van der Waals surface area contributed by atoms with Gasteiger partial charge in [0.15, 0.2) is 5.16 Å². The molecule has 0 aliphatic rings. The fourth-order valence-corrected chi connectivity index (χ4v) is 3.43. The van der Waals surface area contributed by atoms with Crippen LogP contribution >= 0.6 is 11.8 Å². The van der Waals surface area contributed by atoms with Crippen LogP contribution in [0.2, 0.25) is 0 Å². The molecule has 0 aliphatic heterocycles. The van der Waals surface area contributed by atoms with Gasteiger partial charge >= 0.3 is 0 Å². The van der Waals surface area contributed by atoms with Gasteiger partial charge in [-0.2, -0.15) is 0 Å². The minimum absolute atomic E-state index is 0.0377. The van der Waals surface area contributed by atoms with E-state index in [0.717, 1.165) is 39.4 Å². The average Bonchev–Trinajstić information content (AvgIpc) is 3.21. The summed E-state index contributed by atoms with van der Waals surface area (Å²) in [6, 6.07) is 15.6. The smallest absolute Gasteiger partial charge is 0.226 e. The molecule has 2 heterocycles. The topological polar surface area (TPSA) is 86.5 Å². The van der Waals surface area contributed by atoms with E-state index >= 15 is 0 Å². The van der Waals surface area contributed by atoms with Gasteiger partial charge in [0, 0.05) is 12.2 Å². The number of benzene rings is 2. The minimum atomic E-state index is -0.0377. The molecule has 126 valence electrons. The third-order valence-electron chi connectivity index (χ3n) is 3.80. The molecule has 0 saturated heterocycles. The van der Waals surface area contributed by atoms with E-state index in [1.165, 1.54) is 0 Å². The summed E-state index contributed by atoms with van der Waals surface area (Å²) >= 11 is 1.63. The Kier molecular flexibility index (Phi) is 4.39. The van der Waals surface area contributed by atoms with Crippen molar-refractivity contribution in [2.24, 2.45) is 0 Å². The van der Waals surface area contributed by atoms with E-state index in [-0.39, 0.29) is 5.91 Å². The number of hydrogen-bond donors (Lipinski definition) is 3. The fourth-order valence-electron chi connectivity index (χ4n) is 2.61. The van der Waals surface area contributed by atoms with Crippen molar-refractivity contribution in [3.05, 3.63) is 48.5 Å². The van der Waals surface area contributed by atoms with Gasteiger partial charge in [-0.05, 0) is 30.7 Å². The number of para-hydroxylation sites is 4. The number of rotatable bonds is 6. The number of hydrogen-bond acceptors (Lipinski definition) is 4. The Labute approximate surface area is 148 Å². The van der Waals surface area contributed by atoms with Crippen molar-refractivity contribution in [3.63, 3.8) is 0 Å². The van der Waals surface area contributed by atoms with E-state index in [1.54, 1.807) is 11.8 Å². The SMILES string of the molecule is O=C(CCCSc1nc2ccccc2[nH]1)Nc1nc2ccccc2[nH]1. The molecule has 4 rings (SSSR count). The van der Waals surface area contributed by atoms with Crippen LogP contribution in [0.15, 0.2) is 53.7 Å². The van der Waals surface area contributed by atoms with Gasteiger partial charge in [0.1, 0.15) is 0 Å². The van der Waals surface area contributed by atoms with Crippen LogP contribution < -0.4 is 5.32 Å². The van der Waals surface area contributed by atoms with Gasteiger partial charge < -0.3 is 9.97 Å². The first kappa shape index (κ1) is 15.7. The predicted octanol–water partition coefficient (Wildman–Crippen LogP) is 3.95. The number of aromatic amines is 2. The maximum Gasteiger partial charge on any atom is 0.226 e. The van der Waals surface area contributed by atoms with Crippen LogP contribution in [0.25, 0.3) is 22.1 Å². The second-order valence-electron chi connectivity index (χ2n) is 5.66. The largest absolute Gasteiger partial charge is 0.333 e. The van der Waals surface area contributed by atoms with E-state index in [0.29, 0.717) is 12.4 Å². The van der Waals surface area contributed by atoms with Crippen molar-refractivity contribution in [1.82, 2.24) is 19.9 Å². The van der Waals surface area contributed by atoms with Crippen LogP contribution in [-0.2, 0) is 4.79 Å².